The third-order valence-electron chi connectivity index (χ3n) is 5.51. The van der Waals surface area contributed by atoms with E-state index in [1.807, 2.05) is 11.0 Å². The quantitative estimate of drug-likeness (QED) is 0.433. The standard InChI is InChI=1S/C22H31N5O2/c1-4-12-23-22(24-15-21(29)25(2)3)27-16-17(18-8-5-6-9-19(18)27)11-14-26-13-7-10-20(26)28/h4-6,8-9,17H,1,7,10-16H2,2-3H3,(H,23,24). The van der Waals surface area contributed by atoms with Crippen LogP contribution in [0.1, 0.15) is 30.7 Å². The normalized spacial score (nSPS) is 18.8. The van der Waals surface area contributed by atoms with Gasteiger partial charge in [0.1, 0.15) is 6.54 Å². The molecule has 0 bridgehead atoms. The van der Waals surface area contributed by atoms with Crippen LogP contribution in [0.3, 0.4) is 0 Å². The number of hydrogen-bond acceptors (Lipinski definition) is 3. The highest BCUT2D eigenvalue weighted by Crippen LogP contribution is 2.38. The zero-order chi connectivity index (χ0) is 20.8. The van der Waals surface area contributed by atoms with E-state index in [0.717, 1.165) is 38.2 Å². The molecule has 1 unspecified atom stereocenters. The van der Waals surface area contributed by atoms with Gasteiger partial charge < -0.3 is 20.0 Å². The van der Waals surface area contributed by atoms with Gasteiger partial charge in [-0.3, -0.25) is 9.59 Å². The molecule has 2 aliphatic rings. The number of nitrogens with zero attached hydrogens (tertiary/aromatic N) is 4. The maximum absolute atomic E-state index is 12.0. The highest BCUT2D eigenvalue weighted by Gasteiger charge is 2.32. The molecule has 3 rings (SSSR count). The number of anilines is 1. The molecule has 29 heavy (non-hydrogen) atoms. The Hall–Kier alpha value is -2.83. The molecule has 0 aromatic heterocycles. The van der Waals surface area contributed by atoms with Crippen molar-refractivity contribution < 1.29 is 9.59 Å². The molecule has 7 heteroatoms. The first-order chi connectivity index (χ1) is 14.0. The van der Waals surface area contributed by atoms with E-state index >= 15 is 0 Å². The summed E-state index contributed by atoms with van der Waals surface area (Å²) in [6.07, 6.45) is 4.34. The van der Waals surface area contributed by atoms with Crippen LogP contribution >= 0.6 is 0 Å². The second-order valence-corrected chi connectivity index (χ2v) is 7.74. The van der Waals surface area contributed by atoms with E-state index in [4.69, 9.17) is 0 Å². The maximum atomic E-state index is 12.0. The van der Waals surface area contributed by atoms with E-state index in [0.29, 0.717) is 24.8 Å². The number of hydrogen-bond donors (Lipinski definition) is 1. The minimum atomic E-state index is -0.0421. The van der Waals surface area contributed by atoms with Gasteiger partial charge in [0.2, 0.25) is 11.8 Å². The Bertz CT molecular complexity index is 789. The second-order valence-electron chi connectivity index (χ2n) is 7.74. The Balaban J connectivity index is 1.77. The average Bonchev–Trinajstić information content (AvgIpc) is 3.29. The first kappa shape index (κ1) is 20.9. The Kier molecular flexibility index (Phi) is 6.90. The summed E-state index contributed by atoms with van der Waals surface area (Å²) in [5.41, 5.74) is 2.38. The van der Waals surface area contributed by atoms with Gasteiger partial charge in [-0.1, -0.05) is 24.3 Å². The SMILES string of the molecule is C=CCNC(=NCC(=O)N(C)C)N1CC(CCN2CCCC2=O)c2ccccc21. The lowest BCUT2D eigenvalue weighted by Crippen LogP contribution is -2.42. The molecule has 0 radical (unpaired) electrons. The van der Waals surface area contributed by atoms with Crippen LogP contribution < -0.4 is 10.2 Å². The minimum absolute atomic E-state index is 0.0421. The van der Waals surface area contributed by atoms with Crippen LogP contribution in [0.4, 0.5) is 5.69 Å². The molecule has 1 atom stereocenters. The molecule has 1 aromatic carbocycles. The average molecular weight is 398 g/mol. The van der Waals surface area contributed by atoms with Crippen molar-refractivity contribution in [2.45, 2.75) is 25.2 Å². The van der Waals surface area contributed by atoms with Gasteiger partial charge in [-0.15, -0.1) is 6.58 Å². The Morgan fingerprint density at radius 2 is 2.17 bits per heavy atom. The Morgan fingerprint density at radius 1 is 1.38 bits per heavy atom. The number of likely N-dealkylation sites (tertiary alicyclic amines) is 1. The second kappa shape index (κ2) is 9.58. The van der Waals surface area contributed by atoms with Gasteiger partial charge in [0, 0.05) is 58.3 Å². The van der Waals surface area contributed by atoms with Gasteiger partial charge in [0.05, 0.1) is 0 Å². The van der Waals surface area contributed by atoms with Crippen LogP contribution in [0, 0.1) is 0 Å². The number of fused-ring (bicyclic) bond motifs is 1. The van der Waals surface area contributed by atoms with Gasteiger partial charge in [-0.25, -0.2) is 4.99 Å². The molecule has 1 fully saturated rings. The van der Waals surface area contributed by atoms with Crippen molar-refractivity contribution in [3.63, 3.8) is 0 Å². The van der Waals surface area contributed by atoms with Crippen LogP contribution in [0.2, 0.25) is 0 Å². The molecular weight excluding hydrogens is 366 g/mol. The smallest absolute Gasteiger partial charge is 0.243 e. The molecule has 0 aliphatic carbocycles. The number of aliphatic imine (C=N–C) groups is 1. The molecule has 1 aromatic rings. The van der Waals surface area contributed by atoms with E-state index in [9.17, 15) is 9.59 Å². The monoisotopic (exact) mass is 397 g/mol. The first-order valence-corrected chi connectivity index (χ1v) is 10.2. The van der Waals surface area contributed by atoms with Gasteiger partial charge in [0.15, 0.2) is 5.96 Å². The van der Waals surface area contributed by atoms with E-state index in [2.05, 4.69) is 40.0 Å². The van der Waals surface area contributed by atoms with Crippen molar-refractivity contribution in [2.24, 2.45) is 4.99 Å². The number of carbonyl (C=O) groups excluding carboxylic acids is 2. The van der Waals surface area contributed by atoms with Crippen molar-refractivity contribution in [3.8, 4) is 0 Å². The molecule has 2 aliphatic heterocycles. The van der Waals surface area contributed by atoms with E-state index in [1.165, 1.54) is 5.56 Å². The fourth-order valence-corrected chi connectivity index (χ4v) is 3.88. The van der Waals surface area contributed by atoms with Gasteiger partial charge >= 0.3 is 0 Å². The predicted molar refractivity (Wildman–Crippen MR) is 116 cm³/mol. The lowest BCUT2D eigenvalue weighted by molar-refractivity contribution is -0.128. The molecule has 0 saturated carbocycles. The maximum Gasteiger partial charge on any atom is 0.243 e. The summed E-state index contributed by atoms with van der Waals surface area (Å²) < 4.78 is 0. The summed E-state index contributed by atoms with van der Waals surface area (Å²) in [4.78, 5) is 34.3. The Morgan fingerprint density at radius 3 is 2.86 bits per heavy atom. The van der Waals surface area contributed by atoms with Crippen molar-refractivity contribution >= 4 is 23.5 Å². The van der Waals surface area contributed by atoms with Crippen molar-refractivity contribution in [1.29, 1.82) is 0 Å². The first-order valence-electron chi connectivity index (χ1n) is 10.2. The van der Waals surface area contributed by atoms with Crippen LogP contribution in [0.25, 0.3) is 0 Å². The van der Waals surface area contributed by atoms with Gasteiger partial charge in [-0.05, 0) is 24.5 Å². The van der Waals surface area contributed by atoms with Crippen LogP contribution in [0.15, 0.2) is 41.9 Å². The zero-order valence-corrected chi connectivity index (χ0v) is 17.4. The van der Waals surface area contributed by atoms with Crippen LogP contribution in [-0.4, -0.2) is 74.4 Å². The number of benzene rings is 1. The number of para-hydroxylation sites is 1. The van der Waals surface area contributed by atoms with Crippen molar-refractivity contribution in [3.05, 3.63) is 42.5 Å². The number of rotatable bonds is 7. The number of guanidine groups is 1. The number of carbonyl (C=O) groups is 2. The van der Waals surface area contributed by atoms with Gasteiger partial charge in [0.25, 0.3) is 0 Å². The molecule has 156 valence electrons. The van der Waals surface area contributed by atoms with Gasteiger partial charge in [-0.2, -0.15) is 0 Å². The third-order valence-corrected chi connectivity index (χ3v) is 5.51. The lowest BCUT2D eigenvalue weighted by Gasteiger charge is -2.23. The molecule has 2 heterocycles. The molecule has 2 amide bonds. The highest BCUT2D eigenvalue weighted by molar-refractivity contribution is 5.99. The number of nitrogens with one attached hydrogen (secondary N) is 1. The van der Waals surface area contributed by atoms with E-state index in [-0.39, 0.29) is 18.4 Å². The zero-order valence-electron chi connectivity index (χ0n) is 17.4. The fraction of sp³-hybridized carbons (Fsp3) is 0.500. The summed E-state index contributed by atoms with van der Waals surface area (Å²) in [5, 5.41) is 3.29. The third kappa shape index (κ3) is 4.96. The molecule has 0 spiro atoms. The fourth-order valence-electron chi connectivity index (χ4n) is 3.88. The summed E-state index contributed by atoms with van der Waals surface area (Å²) in [5.74, 6) is 1.23. The Labute approximate surface area is 173 Å². The van der Waals surface area contributed by atoms with Crippen molar-refractivity contribution in [2.75, 3.05) is 51.7 Å². The van der Waals surface area contributed by atoms with Crippen LogP contribution in [-0.2, 0) is 9.59 Å². The summed E-state index contributed by atoms with van der Waals surface area (Å²) >= 11 is 0. The number of amides is 2. The van der Waals surface area contributed by atoms with E-state index in [1.54, 1.807) is 25.1 Å². The summed E-state index contributed by atoms with van der Waals surface area (Å²) in [6.45, 7) is 6.88. The van der Waals surface area contributed by atoms with Crippen molar-refractivity contribution in [1.82, 2.24) is 15.1 Å². The molecule has 1 saturated heterocycles. The highest BCUT2D eigenvalue weighted by atomic mass is 16.2. The topological polar surface area (TPSA) is 68.2 Å². The molecule has 7 nitrogen and oxygen atoms in total. The van der Waals surface area contributed by atoms with Crippen LogP contribution in [0.5, 0.6) is 0 Å². The summed E-state index contributed by atoms with van der Waals surface area (Å²) in [6, 6.07) is 8.32. The number of likely N-dealkylation sites (N-methyl/N-ethyl adjacent to an activating group) is 1. The summed E-state index contributed by atoms with van der Waals surface area (Å²) in [7, 11) is 3.46. The predicted octanol–water partition coefficient (Wildman–Crippen LogP) is 1.82. The molecular formula is C22H31N5O2. The molecule has 1 N–H and O–H groups in total. The lowest BCUT2D eigenvalue weighted by atomic mass is 9.98. The minimum Gasteiger partial charge on any atom is -0.352 e. The largest absolute Gasteiger partial charge is 0.352 e. The van der Waals surface area contributed by atoms with E-state index < -0.39 is 0 Å².